The van der Waals surface area contributed by atoms with Gasteiger partial charge in [0.2, 0.25) is 5.91 Å². The number of rotatable bonds is 7. The number of hydrogen-bond acceptors (Lipinski definition) is 3. The number of guanidine groups is 1. The Kier molecular flexibility index (Phi) is 10.4. The Balaban J connectivity index is 0.00000392. The first kappa shape index (κ1) is 24.8. The van der Waals surface area contributed by atoms with Crippen molar-refractivity contribution in [3.05, 3.63) is 29.3 Å². The van der Waals surface area contributed by atoms with Gasteiger partial charge < -0.3 is 20.3 Å². The predicted molar refractivity (Wildman–Crippen MR) is 126 cm³/mol. The molecule has 1 aromatic carbocycles. The van der Waals surface area contributed by atoms with Gasteiger partial charge in [0.25, 0.3) is 0 Å². The summed E-state index contributed by atoms with van der Waals surface area (Å²) in [5.41, 5.74) is -0.333. The number of halogens is 2. The molecule has 0 bridgehead atoms. The minimum atomic E-state index is -0.333. The van der Waals surface area contributed by atoms with Crippen LogP contribution in [0.25, 0.3) is 0 Å². The van der Waals surface area contributed by atoms with E-state index in [0.717, 1.165) is 25.7 Å². The highest BCUT2D eigenvalue weighted by Crippen LogP contribution is 2.38. The Labute approximate surface area is 190 Å². The van der Waals surface area contributed by atoms with E-state index in [9.17, 15) is 4.79 Å². The topological polar surface area (TPSA) is 66.0 Å². The Morgan fingerprint density at radius 3 is 2.50 bits per heavy atom. The lowest BCUT2D eigenvalue weighted by Crippen LogP contribution is -2.50. The van der Waals surface area contributed by atoms with Gasteiger partial charge in [-0.15, -0.1) is 24.0 Å². The van der Waals surface area contributed by atoms with Crippen molar-refractivity contribution in [3.63, 3.8) is 0 Å². The van der Waals surface area contributed by atoms with E-state index in [-0.39, 0.29) is 41.4 Å². The van der Waals surface area contributed by atoms with Crippen molar-refractivity contribution in [1.29, 1.82) is 0 Å². The molecule has 6 nitrogen and oxygen atoms in total. The minimum Gasteiger partial charge on any atom is -0.487 e. The number of amides is 1. The van der Waals surface area contributed by atoms with Crippen LogP contribution in [0.2, 0.25) is 5.02 Å². The number of para-hydroxylation sites is 1. The fraction of sp³-hybridized carbons (Fsp3) is 0.600. The third-order valence-corrected chi connectivity index (χ3v) is 5.27. The number of nitrogens with one attached hydrogen (secondary N) is 2. The van der Waals surface area contributed by atoms with E-state index in [1.807, 2.05) is 39.2 Å². The van der Waals surface area contributed by atoms with E-state index in [4.69, 9.17) is 16.3 Å². The molecule has 1 aromatic rings. The lowest BCUT2D eigenvalue weighted by molar-refractivity contribution is -0.138. The van der Waals surface area contributed by atoms with Crippen LogP contribution in [0.4, 0.5) is 0 Å². The summed E-state index contributed by atoms with van der Waals surface area (Å²) in [4.78, 5) is 18.6. The van der Waals surface area contributed by atoms with Crippen molar-refractivity contribution in [1.82, 2.24) is 15.5 Å². The van der Waals surface area contributed by atoms with Crippen LogP contribution in [0, 0.1) is 5.41 Å². The summed E-state index contributed by atoms with van der Waals surface area (Å²) in [6.45, 7) is 3.13. The molecule has 1 fully saturated rings. The van der Waals surface area contributed by atoms with E-state index >= 15 is 0 Å². The van der Waals surface area contributed by atoms with Crippen LogP contribution < -0.4 is 15.4 Å². The average Bonchev–Trinajstić information content (AvgIpc) is 3.13. The molecule has 1 amide bonds. The number of hydrogen-bond donors (Lipinski definition) is 2. The maximum atomic E-state index is 12.7. The summed E-state index contributed by atoms with van der Waals surface area (Å²) in [6, 6.07) is 7.42. The van der Waals surface area contributed by atoms with Crippen molar-refractivity contribution in [3.8, 4) is 5.75 Å². The molecule has 1 atom stereocenters. The molecule has 8 heteroatoms. The van der Waals surface area contributed by atoms with Gasteiger partial charge in [0.15, 0.2) is 5.96 Å². The van der Waals surface area contributed by atoms with Crippen LogP contribution in [-0.2, 0) is 4.79 Å². The third kappa shape index (κ3) is 6.69. The molecule has 1 unspecified atom stereocenters. The van der Waals surface area contributed by atoms with Gasteiger partial charge in [-0.2, -0.15) is 0 Å². The highest BCUT2D eigenvalue weighted by atomic mass is 127. The van der Waals surface area contributed by atoms with Crippen molar-refractivity contribution in [2.24, 2.45) is 10.4 Å². The molecule has 28 heavy (non-hydrogen) atoms. The second-order valence-electron chi connectivity index (χ2n) is 7.35. The summed E-state index contributed by atoms with van der Waals surface area (Å²) < 4.78 is 5.87. The molecule has 1 saturated carbocycles. The van der Waals surface area contributed by atoms with E-state index < -0.39 is 0 Å². The van der Waals surface area contributed by atoms with E-state index in [0.29, 0.717) is 29.8 Å². The van der Waals surface area contributed by atoms with Crippen LogP contribution >= 0.6 is 35.6 Å². The monoisotopic (exact) mass is 522 g/mol. The van der Waals surface area contributed by atoms with Gasteiger partial charge in [-0.1, -0.05) is 36.6 Å². The summed E-state index contributed by atoms with van der Waals surface area (Å²) in [5, 5.41) is 7.19. The molecular weight excluding hydrogens is 491 g/mol. The zero-order valence-corrected chi connectivity index (χ0v) is 20.2. The first-order valence-electron chi connectivity index (χ1n) is 9.45. The number of nitrogens with zero attached hydrogens (tertiary/aromatic N) is 2. The van der Waals surface area contributed by atoms with Crippen molar-refractivity contribution in [2.75, 3.05) is 34.2 Å². The maximum Gasteiger partial charge on any atom is 0.230 e. The van der Waals surface area contributed by atoms with Gasteiger partial charge in [-0.25, -0.2) is 0 Å². The fourth-order valence-electron chi connectivity index (χ4n) is 3.51. The van der Waals surface area contributed by atoms with Gasteiger partial charge in [-0.3, -0.25) is 9.79 Å². The standard InChI is InChI=1S/C20H31ClN4O2.HI/c1-15(27-17-10-6-5-9-16(17)21)13-23-19(22-2)24-14-20(11-7-8-12-20)18(26)25(3)4;/h5-6,9-10,15H,7-8,11-14H2,1-4H3,(H2,22,23,24);1H. The largest absolute Gasteiger partial charge is 0.487 e. The minimum absolute atomic E-state index is 0. The van der Waals surface area contributed by atoms with Gasteiger partial charge >= 0.3 is 0 Å². The Bertz CT molecular complexity index is 663. The van der Waals surface area contributed by atoms with E-state index in [1.54, 1.807) is 18.0 Å². The van der Waals surface area contributed by atoms with Gasteiger partial charge in [-0.05, 0) is 31.9 Å². The Morgan fingerprint density at radius 2 is 1.93 bits per heavy atom. The van der Waals surface area contributed by atoms with Crippen LogP contribution in [0.15, 0.2) is 29.3 Å². The highest BCUT2D eigenvalue weighted by molar-refractivity contribution is 14.0. The van der Waals surface area contributed by atoms with Crippen LogP contribution in [0.5, 0.6) is 5.75 Å². The number of carbonyl (C=O) groups is 1. The molecule has 0 radical (unpaired) electrons. The molecule has 0 heterocycles. The Hall–Kier alpha value is -1.22. The second-order valence-corrected chi connectivity index (χ2v) is 7.76. The first-order valence-corrected chi connectivity index (χ1v) is 9.83. The molecule has 1 aliphatic rings. The second kappa shape index (κ2) is 11.7. The molecule has 0 aliphatic heterocycles. The fourth-order valence-corrected chi connectivity index (χ4v) is 3.69. The number of carbonyl (C=O) groups excluding carboxylic acids is 1. The number of ether oxygens (including phenoxy) is 1. The number of benzene rings is 1. The summed E-state index contributed by atoms with van der Waals surface area (Å²) in [5.74, 6) is 1.53. The van der Waals surface area contributed by atoms with Gasteiger partial charge in [0.05, 0.1) is 17.0 Å². The van der Waals surface area contributed by atoms with Crippen molar-refractivity contribution < 1.29 is 9.53 Å². The van der Waals surface area contributed by atoms with E-state index in [1.165, 1.54) is 0 Å². The molecule has 158 valence electrons. The van der Waals surface area contributed by atoms with Crippen LogP contribution in [-0.4, -0.2) is 57.1 Å². The summed E-state index contributed by atoms with van der Waals surface area (Å²) in [6.07, 6.45) is 3.93. The predicted octanol–water partition coefficient (Wildman–Crippen LogP) is 3.54. The van der Waals surface area contributed by atoms with Gasteiger partial charge in [0, 0.05) is 27.7 Å². The lowest BCUT2D eigenvalue weighted by Gasteiger charge is -2.31. The molecule has 1 aliphatic carbocycles. The molecule has 0 saturated heterocycles. The zero-order chi connectivity index (χ0) is 19.9. The molecule has 2 rings (SSSR count). The molecule has 0 aromatic heterocycles. The molecule has 0 spiro atoms. The maximum absolute atomic E-state index is 12.7. The first-order chi connectivity index (χ1) is 12.9. The quantitative estimate of drug-likeness (QED) is 0.327. The number of aliphatic imine (C=N–C) groups is 1. The Morgan fingerprint density at radius 1 is 1.29 bits per heavy atom. The lowest BCUT2D eigenvalue weighted by atomic mass is 9.84. The van der Waals surface area contributed by atoms with E-state index in [2.05, 4.69) is 15.6 Å². The molecular formula is C20H32ClIN4O2. The van der Waals surface area contributed by atoms with Crippen LogP contribution in [0.3, 0.4) is 0 Å². The van der Waals surface area contributed by atoms with Gasteiger partial charge in [0.1, 0.15) is 11.9 Å². The molecule has 2 N–H and O–H groups in total. The highest BCUT2D eigenvalue weighted by Gasteiger charge is 2.42. The normalized spacial score (nSPS) is 16.7. The zero-order valence-electron chi connectivity index (χ0n) is 17.1. The van der Waals surface area contributed by atoms with Crippen LogP contribution in [0.1, 0.15) is 32.6 Å². The SMILES string of the molecule is CN=C(NCC(C)Oc1ccccc1Cl)NCC1(C(=O)N(C)C)CCCC1.I. The summed E-state index contributed by atoms with van der Waals surface area (Å²) in [7, 11) is 5.37. The smallest absolute Gasteiger partial charge is 0.230 e. The third-order valence-electron chi connectivity index (χ3n) is 4.96. The average molecular weight is 523 g/mol. The summed E-state index contributed by atoms with van der Waals surface area (Å²) >= 11 is 6.13. The van der Waals surface area contributed by atoms with Crippen molar-refractivity contribution in [2.45, 2.75) is 38.7 Å². The van der Waals surface area contributed by atoms with Crippen molar-refractivity contribution >= 4 is 47.4 Å².